The Kier molecular flexibility index (Phi) is 2.31. The number of nitrogens with one attached hydrogen (secondary N) is 1. The monoisotopic (exact) mass is 151 g/mol. The van der Waals surface area contributed by atoms with E-state index in [9.17, 15) is 0 Å². The van der Waals surface area contributed by atoms with Gasteiger partial charge in [-0.3, -0.25) is 0 Å². The Morgan fingerprint density at radius 3 is 2.45 bits per heavy atom. The van der Waals surface area contributed by atoms with Crippen molar-refractivity contribution in [2.75, 3.05) is 31.4 Å². The molecule has 0 unspecified atom stereocenters. The van der Waals surface area contributed by atoms with Crippen molar-refractivity contribution in [2.45, 2.75) is 0 Å². The largest absolute Gasteiger partial charge is 0.387 e. The molecule has 60 valence electrons. The number of hydrogen-bond donors (Lipinski definition) is 1. The summed E-state index contributed by atoms with van der Waals surface area (Å²) < 4.78 is 0. The van der Waals surface area contributed by atoms with E-state index in [0.29, 0.717) is 0 Å². The van der Waals surface area contributed by atoms with Crippen LogP contribution in [-0.2, 0) is 0 Å². The van der Waals surface area contributed by atoms with Crippen LogP contribution in [0.2, 0.25) is 0 Å². The van der Waals surface area contributed by atoms with Gasteiger partial charge in [-0.15, -0.1) is 0 Å². The molecule has 3 heteroatoms. The Labute approximate surface area is 67.1 Å². The molecule has 0 atom stereocenters. The molecule has 0 amide bonds. The molecule has 11 heavy (non-hydrogen) atoms. The van der Waals surface area contributed by atoms with Gasteiger partial charge in [-0.1, -0.05) is 0 Å². The van der Waals surface area contributed by atoms with Crippen molar-refractivity contribution in [2.24, 2.45) is 0 Å². The summed E-state index contributed by atoms with van der Waals surface area (Å²) in [6.07, 6.45) is 1.81. The Morgan fingerprint density at radius 1 is 1.36 bits per heavy atom. The first-order valence-electron chi connectivity index (χ1n) is 3.55. The van der Waals surface area contributed by atoms with Crippen molar-refractivity contribution < 1.29 is 0 Å². The van der Waals surface area contributed by atoms with E-state index in [1.165, 1.54) is 0 Å². The molecular weight excluding hydrogens is 138 g/mol. The fourth-order valence-electron chi connectivity index (χ4n) is 0.798. The molecule has 0 saturated heterocycles. The molecule has 3 nitrogen and oxygen atoms in total. The lowest BCUT2D eigenvalue weighted by molar-refractivity contribution is 1.07. The summed E-state index contributed by atoms with van der Waals surface area (Å²) in [6.45, 7) is 0. The van der Waals surface area contributed by atoms with E-state index in [1.54, 1.807) is 0 Å². The Hall–Kier alpha value is -1.25. The van der Waals surface area contributed by atoms with Crippen molar-refractivity contribution in [1.29, 1.82) is 0 Å². The van der Waals surface area contributed by atoms with Crippen LogP contribution < -0.4 is 10.2 Å². The summed E-state index contributed by atoms with van der Waals surface area (Å²) in [5, 5.41) is 3.01. The van der Waals surface area contributed by atoms with E-state index in [0.717, 1.165) is 11.5 Å². The van der Waals surface area contributed by atoms with E-state index in [2.05, 4.69) is 10.3 Å². The molecule has 0 aromatic carbocycles. The lowest BCUT2D eigenvalue weighted by Crippen LogP contribution is -2.10. The number of aromatic nitrogens is 1. The second kappa shape index (κ2) is 3.23. The lowest BCUT2D eigenvalue weighted by atomic mass is 10.4. The first kappa shape index (κ1) is 7.85. The minimum atomic E-state index is 0.976. The minimum absolute atomic E-state index is 0.976. The lowest BCUT2D eigenvalue weighted by Gasteiger charge is -2.10. The summed E-state index contributed by atoms with van der Waals surface area (Å²) in [5.74, 6) is 0.976. The normalized spacial score (nSPS) is 9.36. The Morgan fingerprint density at radius 2 is 2.09 bits per heavy atom. The van der Waals surface area contributed by atoms with E-state index in [1.807, 2.05) is 44.4 Å². The standard InChI is InChI=1S/C8H13N3/c1-9-7-4-5-8(10-6-7)11(2)3/h4-6,9H,1-3H3. The highest BCUT2D eigenvalue weighted by Crippen LogP contribution is 2.10. The van der Waals surface area contributed by atoms with Gasteiger partial charge in [0.25, 0.3) is 0 Å². The second-order valence-corrected chi connectivity index (χ2v) is 2.55. The summed E-state index contributed by atoms with van der Waals surface area (Å²) in [6, 6.07) is 3.98. The van der Waals surface area contributed by atoms with Crippen molar-refractivity contribution >= 4 is 11.5 Å². The number of anilines is 2. The molecule has 0 aliphatic carbocycles. The van der Waals surface area contributed by atoms with Gasteiger partial charge in [0.05, 0.1) is 11.9 Å². The first-order valence-corrected chi connectivity index (χ1v) is 3.55. The average Bonchev–Trinajstić information content (AvgIpc) is 2.05. The van der Waals surface area contributed by atoms with Crippen LogP contribution in [0.25, 0.3) is 0 Å². The molecule has 0 radical (unpaired) electrons. The number of rotatable bonds is 2. The molecule has 1 rings (SSSR count). The highest BCUT2D eigenvalue weighted by Gasteiger charge is 1.94. The fourth-order valence-corrected chi connectivity index (χ4v) is 0.798. The van der Waals surface area contributed by atoms with Gasteiger partial charge in [0.1, 0.15) is 5.82 Å². The fraction of sp³-hybridized carbons (Fsp3) is 0.375. The van der Waals surface area contributed by atoms with Gasteiger partial charge in [0, 0.05) is 21.1 Å². The summed E-state index contributed by atoms with van der Waals surface area (Å²) in [7, 11) is 5.83. The molecule has 0 fully saturated rings. The molecule has 0 aliphatic rings. The maximum atomic E-state index is 4.21. The summed E-state index contributed by atoms with van der Waals surface area (Å²) in [5.41, 5.74) is 1.04. The average molecular weight is 151 g/mol. The van der Waals surface area contributed by atoms with E-state index >= 15 is 0 Å². The molecular formula is C8H13N3. The predicted molar refractivity (Wildman–Crippen MR) is 48.1 cm³/mol. The van der Waals surface area contributed by atoms with Crippen LogP contribution in [0.1, 0.15) is 0 Å². The highest BCUT2D eigenvalue weighted by molar-refractivity contribution is 5.47. The SMILES string of the molecule is CNc1ccc(N(C)C)nc1. The number of hydrogen-bond acceptors (Lipinski definition) is 3. The van der Waals surface area contributed by atoms with Crippen LogP contribution in [0, 0.1) is 0 Å². The third-order valence-corrected chi connectivity index (χ3v) is 1.49. The van der Waals surface area contributed by atoms with Crippen molar-refractivity contribution in [3.63, 3.8) is 0 Å². The smallest absolute Gasteiger partial charge is 0.128 e. The third kappa shape index (κ3) is 1.83. The maximum absolute atomic E-state index is 4.21. The van der Waals surface area contributed by atoms with Crippen LogP contribution in [0.5, 0.6) is 0 Å². The predicted octanol–water partition coefficient (Wildman–Crippen LogP) is 1.19. The molecule has 0 aliphatic heterocycles. The Bertz CT molecular complexity index is 215. The minimum Gasteiger partial charge on any atom is -0.387 e. The van der Waals surface area contributed by atoms with Crippen molar-refractivity contribution in [3.8, 4) is 0 Å². The van der Waals surface area contributed by atoms with E-state index in [-0.39, 0.29) is 0 Å². The van der Waals surface area contributed by atoms with E-state index < -0.39 is 0 Å². The molecule has 0 spiro atoms. The quantitative estimate of drug-likeness (QED) is 0.688. The van der Waals surface area contributed by atoms with Gasteiger partial charge in [-0.25, -0.2) is 4.98 Å². The highest BCUT2D eigenvalue weighted by atomic mass is 15.1. The van der Waals surface area contributed by atoms with Gasteiger partial charge in [-0.05, 0) is 12.1 Å². The van der Waals surface area contributed by atoms with Crippen molar-refractivity contribution in [3.05, 3.63) is 18.3 Å². The third-order valence-electron chi connectivity index (χ3n) is 1.49. The first-order chi connectivity index (χ1) is 5.24. The van der Waals surface area contributed by atoms with Crippen LogP contribution in [0.15, 0.2) is 18.3 Å². The molecule has 0 bridgehead atoms. The second-order valence-electron chi connectivity index (χ2n) is 2.55. The van der Waals surface area contributed by atoms with Crippen LogP contribution in [-0.4, -0.2) is 26.1 Å². The van der Waals surface area contributed by atoms with E-state index in [4.69, 9.17) is 0 Å². The van der Waals surface area contributed by atoms with Crippen molar-refractivity contribution in [1.82, 2.24) is 4.98 Å². The number of pyridine rings is 1. The molecule has 1 aromatic rings. The van der Waals surface area contributed by atoms with Gasteiger partial charge in [-0.2, -0.15) is 0 Å². The van der Waals surface area contributed by atoms with Gasteiger partial charge in [0.15, 0.2) is 0 Å². The molecule has 1 N–H and O–H groups in total. The van der Waals surface area contributed by atoms with Crippen LogP contribution in [0.3, 0.4) is 0 Å². The molecule has 1 aromatic heterocycles. The zero-order valence-electron chi connectivity index (χ0n) is 7.13. The van der Waals surface area contributed by atoms with Gasteiger partial charge in [0.2, 0.25) is 0 Å². The summed E-state index contributed by atoms with van der Waals surface area (Å²) >= 11 is 0. The summed E-state index contributed by atoms with van der Waals surface area (Å²) in [4.78, 5) is 6.18. The molecule has 1 heterocycles. The number of nitrogens with zero attached hydrogens (tertiary/aromatic N) is 2. The van der Waals surface area contributed by atoms with Gasteiger partial charge >= 0.3 is 0 Å². The Balaban J connectivity index is 2.83. The molecule has 0 saturated carbocycles. The van der Waals surface area contributed by atoms with Gasteiger partial charge < -0.3 is 10.2 Å². The van der Waals surface area contributed by atoms with Crippen LogP contribution >= 0.6 is 0 Å². The zero-order valence-corrected chi connectivity index (χ0v) is 7.13. The maximum Gasteiger partial charge on any atom is 0.128 e. The van der Waals surface area contributed by atoms with Crippen LogP contribution in [0.4, 0.5) is 11.5 Å². The topological polar surface area (TPSA) is 28.2 Å². The zero-order chi connectivity index (χ0) is 8.27.